The van der Waals surface area contributed by atoms with Crippen LogP contribution in [-0.2, 0) is 4.74 Å². The van der Waals surface area contributed by atoms with Gasteiger partial charge in [0.15, 0.2) is 0 Å². The number of para-hydroxylation sites is 2. The van der Waals surface area contributed by atoms with Crippen molar-refractivity contribution < 1.29 is 9.53 Å². The number of benzene rings is 3. The number of nitrogens with zero attached hydrogens (tertiary/aromatic N) is 2. The van der Waals surface area contributed by atoms with E-state index in [2.05, 4.69) is 11.8 Å². The third-order valence-electron chi connectivity index (χ3n) is 4.26. The third kappa shape index (κ3) is 3.46. The minimum Gasteiger partial charge on any atom is -0.465 e. The fourth-order valence-corrected chi connectivity index (χ4v) is 2.91. The van der Waals surface area contributed by atoms with Crippen molar-refractivity contribution in [2.45, 2.75) is 0 Å². The van der Waals surface area contributed by atoms with E-state index in [1.165, 1.54) is 7.11 Å². The minimum absolute atomic E-state index is 0.424. The Balaban J connectivity index is 1.95. The van der Waals surface area contributed by atoms with Gasteiger partial charge in [-0.05, 0) is 36.3 Å². The molecule has 0 aliphatic heterocycles. The Bertz CT molecular complexity index is 1220. The minimum atomic E-state index is -0.424. The smallest absolute Gasteiger partial charge is 0.338 e. The van der Waals surface area contributed by atoms with Crippen LogP contribution in [0.1, 0.15) is 21.6 Å². The van der Waals surface area contributed by atoms with Crippen molar-refractivity contribution >= 4 is 17.0 Å². The first-order valence-electron chi connectivity index (χ1n) is 8.78. The zero-order chi connectivity index (χ0) is 19.3. The Morgan fingerprint density at radius 3 is 2.18 bits per heavy atom. The normalized spacial score (nSPS) is 10.2. The molecule has 0 saturated heterocycles. The van der Waals surface area contributed by atoms with Gasteiger partial charge in [-0.15, -0.1) is 0 Å². The van der Waals surface area contributed by atoms with Crippen LogP contribution in [0.15, 0.2) is 78.9 Å². The van der Waals surface area contributed by atoms with Gasteiger partial charge in [0, 0.05) is 11.1 Å². The number of ether oxygens (including phenoxy) is 1. The average Bonchev–Trinajstić information content (AvgIpc) is 2.77. The molecule has 4 rings (SSSR count). The van der Waals surface area contributed by atoms with Crippen LogP contribution in [0, 0.1) is 11.8 Å². The molecule has 0 fully saturated rings. The highest BCUT2D eigenvalue weighted by Crippen LogP contribution is 2.27. The van der Waals surface area contributed by atoms with Crippen LogP contribution >= 0.6 is 0 Å². The summed E-state index contributed by atoms with van der Waals surface area (Å²) in [5.74, 6) is 5.83. The number of fused-ring (bicyclic) bond motifs is 1. The van der Waals surface area contributed by atoms with Crippen molar-refractivity contribution in [3.8, 4) is 23.1 Å². The SMILES string of the molecule is COC(=O)c1ccccc1-c1nc2ccccc2nc1C#Cc1ccccc1. The summed E-state index contributed by atoms with van der Waals surface area (Å²) in [6.45, 7) is 0. The highest BCUT2D eigenvalue weighted by Gasteiger charge is 2.17. The molecule has 0 N–H and O–H groups in total. The summed E-state index contributed by atoms with van der Waals surface area (Å²) in [7, 11) is 1.36. The molecule has 0 aliphatic carbocycles. The van der Waals surface area contributed by atoms with Crippen molar-refractivity contribution in [1.29, 1.82) is 0 Å². The Morgan fingerprint density at radius 2 is 1.43 bits per heavy atom. The lowest BCUT2D eigenvalue weighted by Crippen LogP contribution is -2.05. The van der Waals surface area contributed by atoms with Gasteiger partial charge in [-0.3, -0.25) is 0 Å². The number of carbonyl (C=O) groups excluding carboxylic acids is 1. The van der Waals surface area contributed by atoms with Gasteiger partial charge in [-0.1, -0.05) is 54.5 Å². The van der Waals surface area contributed by atoms with E-state index < -0.39 is 5.97 Å². The van der Waals surface area contributed by atoms with E-state index in [0.29, 0.717) is 22.5 Å². The highest BCUT2D eigenvalue weighted by molar-refractivity contribution is 5.97. The van der Waals surface area contributed by atoms with Crippen LogP contribution in [0.25, 0.3) is 22.3 Å². The molecule has 0 saturated carbocycles. The van der Waals surface area contributed by atoms with Crippen molar-refractivity contribution in [2.75, 3.05) is 7.11 Å². The fraction of sp³-hybridized carbons (Fsp3) is 0.0417. The Morgan fingerprint density at radius 1 is 0.786 bits per heavy atom. The van der Waals surface area contributed by atoms with E-state index in [0.717, 1.165) is 16.6 Å². The summed E-state index contributed by atoms with van der Waals surface area (Å²) < 4.78 is 4.93. The van der Waals surface area contributed by atoms with Gasteiger partial charge in [-0.25, -0.2) is 14.8 Å². The number of esters is 1. The first-order chi connectivity index (χ1) is 13.8. The predicted octanol–water partition coefficient (Wildman–Crippen LogP) is 4.48. The molecule has 0 radical (unpaired) electrons. The fourth-order valence-electron chi connectivity index (χ4n) is 2.91. The lowest BCUT2D eigenvalue weighted by Gasteiger charge is -2.10. The van der Waals surface area contributed by atoms with Gasteiger partial charge in [-0.2, -0.15) is 0 Å². The van der Waals surface area contributed by atoms with Crippen molar-refractivity contribution in [1.82, 2.24) is 9.97 Å². The molecular weight excluding hydrogens is 348 g/mol. The molecule has 28 heavy (non-hydrogen) atoms. The molecule has 3 aromatic carbocycles. The second kappa shape index (κ2) is 7.73. The van der Waals surface area contributed by atoms with Gasteiger partial charge < -0.3 is 4.74 Å². The van der Waals surface area contributed by atoms with E-state index in [1.807, 2.05) is 66.7 Å². The van der Waals surface area contributed by atoms with E-state index >= 15 is 0 Å². The first-order valence-corrected chi connectivity index (χ1v) is 8.78. The second-order valence-electron chi connectivity index (χ2n) is 6.06. The van der Waals surface area contributed by atoms with Gasteiger partial charge in [0.05, 0.1) is 23.7 Å². The van der Waals surface area contributed by atoms with Crippen LogP contribution in [0.2, 0.25) is 0 Å². The maximum atomic E-state index is 12.3. The molecule has 4 heteroatoms. The molecule has 0 spiro atoms. The Hall–Kier alpha value is -3.97. The summed E-state index contributed by atoms with van der Waals surface area (Å²) >= 11 is 0. The molecular formula is C24H16N2O2. The molecule has 1 heterocycles. The molecule has 0 aliphatic rings. The zero-order valence-corrected chi connectivity index (χ0v) is 15.2. The maximum absolute atomic E-state index is 12.3. The van der Waals surface area contributed by atoms with E-state index in [1.54, 1.807) is 12.1 Å². The molecule has 4 nitrogen and oxygen atoms in total. The number of rotatable bonds is 2. The van der Waals surface area contributed by atoms with Crippen molar-refractivity contribution in [3.05, 3.63) is 95.7 Å². The standard InChI is InChI=1S/C24H16N2O2/c1-28-24(27)19-12-6-5-11-18(19)23-22(16-15-17-9-3-2-4-10-17)25-20-13-7-8-14-21(20)26-23/h2-14H,1H3. The zero-order valence-electron chi connectivity index (χ0n) is 15.2. The molecule has 0 bridgehead atoms. The third-order valence-corrected chi connectivity index (χ3v) is 4.26. The monoisotopic (exact) mass is 364 g/mol. The summed E-state index contributed by atoms with van der Waals surface area (Å²) in [5.41, 5.74) is 4.51. The molecule has 1 aromatic heterocycles. The van der Waals surface area contributed by atoms with Crippen LogP contribution in [0.3, 0.4) is 0 Å². The van der Waals surface area contributed by atoms with Crippen LogP contribution < -0.4 is 0 Å². The predicted molar refractivity (Wildman–Crippen MR) is 109 cm³/mol. The van der Waals surface area contributed by atoms with Gasteiger partial charge in [0.2, 0.25) is 0 Å². The molecule has 4 aromatic rings. The van der Waals surface area contributed by atoms with Gasteiger partial charge >= 0.3 is 5.97 Å². The first kappa shape index (κ1) is 17.4. The molecule has 134 valence electrons. The molecule has 0 amide bonds. The lowest BCUT2D eigenvalue weighted by atomic mass is 10.0. The van der Waals surface area contributed by atoms with E-state index in [-0.39, 0.29) is 0 Å². The van der Waals surface area contributed by atoms with Gasteiger partial charge in [0.25, 0.3) is 0 Å². The number of hydrogen-bond donors (Lipinski definition) is 0. The van der Waals surface area contributed by atoms with E-state index in [4.69, 9.17) is 14.7 Å². The average molecular weight is 364 g/mol. The number of carbonyl (C=O) groups is 1. The number of hydrogen-bond acceptors (Lipinski definition) is 4. The topological polar surface area (TPSA) is 52.1 Å². The summed E-state index contributed by atoms with van der Waals surface area (Å²) in [5, 5.41) is 0. The van der Waals surface area contributed by atoms with Crippen molar-refractivity contribution in [2.24, 2.45) is 0 Å². The van der Waals surface area contributed by atoms with Crippen LogP contribution in [0.4, 0.5) is 0 Å². The summed E-state index contributed by atoms with van der Waals surface area (Å²) in [6.07, 6.45) is 0. The number of methoxy groups -OCH3 is 1. The maximum Gasteiger partial charge on any atom is 0.338 e. The number of aromatic nitrogens is 2. The lowest BCUT2D eigenvalue weighted by molar-refractivity contribution is 0.0601. The molecule has 0 atom stereocenters. The van der Waals surface area contributed by atoms with Crippen LogP contribution in [0.5, 0.6) is 0 Å². The summed E-state index contributed by atoms with van der Waals surface area (Å²) in [6, 6.07) is 24.5. The van der Waals surface area contributed by atoms with Gasteiger partial charge in [0.1, 0.15) is 11.4 Å². The van der Waals surface area contributed by atoms with Crippen molar-refractivity contribution in [3.63, 3.8) is 0 Å². The quantitative estimate of drug-likeness (QED) is 0.389. The summed E-state index contributed by atoms with van der Waals surface area (Å²) in [4.78, 5) is 21.7. The van der Waals surface area contributed by atoms with Crippen LogP contribution in [-0.4, -0.2) is 23.0 Å². The Labute approximate surface area is 162 Å². The highest BCUT2D eigenvalue weighted by atomic mass is 16.5. The largest absolute Gasteiger partial charge is 0.465 e. The van der Waals surface area contributed by atoms with E-state index in [9.17, 15) is 4.79 Å². The second-order valence-corrected chi connectivity index (χ2v) is 6.06. The molecule has 0 unspecified atom stereocenters. The Kier molecular flexibility index (Phi) is 4.81.